The minimum absolute atomic E-state index is 0.0362. The van der Waals surface area contributed by atoms with Crippen LogP contribution >= 0.6 is 0 Å². The molecule has 0 aliphatic heterocycles. The second-order valence-electron chi connectivity index (χ2n) is 6.32. The fourth-order valence-electron chi connectivity index (χ4n) is 3.23. The minimum atomic E-state index is -3.93. The first-order valence-corrected chi connectivity index (χ1v) is 10.3. The lowest BCUT2D eigenvalue weighted by atomic mass is 10.1. The smallest absolute Gasteiger partial charge is 0.339 e. The van der Waals surface area contributed by atoms with Crippen molar-refractivity contribution in [2.24, 2.45) is 0 Å². The maximum absolute atomic E-state index is 12.5. The molecule has 1 aliphatic rings. The van der Waals surface area contributed by atoms with E-state index in [0.29, 0.717) is 24.4 Å². The van der Waals surface area contributed by atoms with Crippen molar-refractivity contribution in [1.82, 2.24) is 4.90 Å². The number of aryl methyl sites for hydroxylation is 2. The van der Waals surface area contributed by atoms with Gasteiger partial charge in [0.25, 0.3) is 5.91 Å². The molecule has 0 radical (unpaired) electrons. The van der Waals surface area contributed by atoms with Gasteiger partial charge >= 0.3 is 10.1 Å². The molecule has 0 saturated carbocycles. The molecule has 1 aliphatic carbocycles. The van der Waals surface area contributed by atoms with E-state index in [2.05, 4.69) is 0 Å². The quantitative estimate of drug-likeness (QED) is 0.728. The van der Waals surface area contributed by atoms with E-state index in [4.69, 9.17) is 4.18 Å². The number of carbonyl (C=O) groups excluding carboxylic acids is 1. The fraction of sp³-hybridized carbons (Fsp3) is 0.350. The lowest BCUT2D eigenvalue weighted by molar-refractivity contribution is 0.0773. The van der Waals surface area contributed by atoms with Crippen molar-refractivity contribution in [2.75, 3.05) is 13.1 Å². The summed E-state index contributed by atoms with van der Waals surface area (Å²) in [6.45, 7) is 5.03. The third-order valence-electron chi connectivity index (χ3n) is 4.72. The van der Waals surface area contributed by atoms with Gasteiger partial charge in [0.2, 0.25) is 0 Å². The molecule has 6 heteroatoms. The molecular weight excluding hydrogens is 350 g/mol. The topological polar surface area (TPSA) is 63.7 Å². The number of amides is 1. The summed E-state index contributed by atoms with van der Waals surface area (Å²) in [6, 6.07) is 11.3. The molecule has 2 aromatic carbocycles. The van der Waals surface area contributed by atoms with Gasteiger partial charge in [0.15, 0.2) is 0 Å². The van der Waals surface area contributed by atoms with Gasteiger partial charge in [-0.25, -0.2) is 0 Å². The highest BCUT2D eigenvalue weighted by Gasteiger charge is 2.20. The number of benzene rings is 2. The van der Waals surface area contributed by atoms with E-state index in [9.17, 15) is 13.2 Å². The maximum Gasteiger partial charge on any atom is 0.339 e. The summed E-state index contributed by atoms with van der Waals surface area (Å²) in [5.74, 6) is 0.215. The summed E-state index contributed by atoms with van der Waals surface area (Å²) < 4.78 is 30.3. The number of rotatable bonds is 6. The van der Waals surface area contributed by atoms with E-state index in [1.54, 1.807) is 17.0 Å². The molecule has 2 aromatic rings. The molecule has 0 fully saturated rings. The molecule has 0 bridgehead atoms. The molecule has 138 valence electrons. The Balaban J connectivity index is 1.78. The van der Waals surface area contributed by atoms with Crippen LogP contribution in [0.3, 0.4) is 0 Å². The summed E-state index contributed by atoms with van der Waals surface area (Å²) in [5.41, 5.74) is 2.87. The van der Waals surface area contributed by atoms with Crippen molar-refractivity contribution in [2.45, 2.75) is 38.0 Å². The van der Waals surface area contributed by atoms with Gasteiger partial charge in [-0.15, -0.1) is 0 Å². The van der Waals surface area contributed by atoms with Crippen LogP contribution in [0.5, 0.6) is 5.75 Å². The van der Waals surface area contributed by atoms with Crippen LogP contribution in [0.15, 0.2) is 47.4 Å². The summed E-state index contributed by atoms with van der Waals surface area (Å²) in [6.07, 6.45) is 3.08. The van der Waals surface area contributed by atoms with Crippen molar-refractivity contribution in [3.8, 4) is 5.75 Å². The van der Waals surface area contributed by atoms with E-state index in [1.165, 1.54) is 29.8 Å². The highest BCUT2D eigenvalue weighted by molar-refractivity contribution is 7.87. The molecule has 3 rings (SSSR count). The number of carbonyl (C=O) groups is 1. The Morgan fingerprint density at radius 2 is 1.65 bits per heavy atom. The van der Waals surface area contributed by atoms with Gasteiger partial charge in [0.05, 0.1) is 0 Å². The molecule has 5 nitrogen and oxygen atoms in total. The van der Waals surface area contributed by atoms with E-state index >= 15 is 0 Å². The monoisotopic (exact) mass is 373 g/mol. The van der Waals surface area contributed by atoms with Crippen LogP contribution in [0.1, 0.15) is 41.8 Å². The second-order valence-corrected chi connectivity index (χ2v) is 7.87. The molecule has 0 atom stereocenters. The van der Waals surface area contributed by atoms with E-state index in [1.807, 2.05) is 19.9 Å². The number of nitrogens with zero attached hydrogens (tertiary/aromatic N) is 1. The third-order valence-corrected chi connectivity index (χ3v) is 5.98. The maximum atomic E-state index is 12.5. The van der Waals surface area contributed by atoms with Crippen molar-refractivity contribution in [3.05, 3.63) is 59.2 Å². The predicted molar refractivity (Wildman–Crippen MR) is 100.0 cm³/mol. The molecule has 1 amide bonds. The first kappa shape index (κ1) is 18.5. The van der Waals surface area contributed by atoms with Crippen LogP contribution in [0.2, 0.25) is 0 Å². The van der Waals surface area contributed by atoms with Gasteiger partial charge in [-0.1, -0.05) is 6.07 Å². The van der Waals surface area contributed by atoms with Crippen LogP contribution in [0, 0.1) is 0 Å². The van der Waals surface area contributed by atoms with Crippen molar-refractivity contribution >= 4 is 16.0 Å². The van der Waals surface area contributed by atoms with Crippen LogP contribution in [-0.4, -0.2) is 32.3 Å². The average Bonchev–Trinajstić information content (AvgIpc) is 3.10. The van der Waals surface area contributed by atoms with E-state index in [0.717, 1.165) is 24.8 Å². The first-order valence-electron chi connectivity index (χ1n) is 8.90. The zero-order valence-electron chi connectivity index (χ0n) is 15.1. The average molecular weight is 373 g/mol. The standard InChI is InChI=1S/C20H23NO4S/c1-3-21(4-2)20(22)16-9-12-19(13-10-16)26(23,24)25-18-11-8-15-6-5-7-17(15)14-18/h8-14H,3-7H2,1-2H3. The Kier molecular flexibility index (Phi) is 5.32. The van der Waals surface area contributed by atoms with Crippen LogP contribution in [0.25, 0.3) is 0 Å². The number of hydrogen-bond acceptors (Lipinski definition) is 4. The SMILES string of the molecule is CCN(CC)C(=O)c1ccc(S(=O)(=O)Oc2ccc3c(c2)CCC3)cc1. The summed E-state index contributed by atoms with van der Waals surface area (Å²) >= 11 is 0. The zero-order valence-corrected chi connectivity index (χ0v) is 15.9. The molecule has 0 aromatic heterocycles. The number of fused-ring (bicyclic) bond motifs is 1. The largest absolute Gasteiger partial charge is 0.379 e. The second kappa shape index (κ2) is 7.50. The van der Waals surface area contributed by atoms with Crippen LogP contribution in [0.4, 0.5) is 0 Å². The third kappa shape index (κ3) is 3.75. The molecule has 0 heterocycles. The number of hydrogen-bond donors (Lipinski definition) is 0. The van der Waals surface area contributed by atoms with Crippen LogP contribution in [-0.2, 0) is 23.0 Å². The Bertz CT molecular complexity index is 900. The van der Waals surface area contributed by atoms with Gasteiger partial charge in [0, 0.05) is 18.7 Å². The molecule has 0 saturated heterocycles. The normalized spacial score (nSPS) is 13.3. The molecular formula is C20H23NO4S. The highest BCUT2D eigenvalue weighted by Crippen LogP contribution is 2.28. The van der Waals surface area contributed by atoms with E-state index < -0.39 is 10.1 Å². The van der Waals surface area contributed by atoms with Gasteiger partial charge in [0.1, 0.15) is 10.6 Å². The van der Waals surface area contributed by atoms with Crippen molar-refractivity contribution in [3.63, 3.8) is 0 Å². The molecule has 0 unspecified atom stereocenters. The van der Waals surface area contributed by atoms with Crippen LogP contribution < -0.4 is 4.18 Å². The first-order chi connectivity index (χ1) is 12.4. The Morgan fingerprint density at radius 1 is 1.00 bits per heavy atom. The molecule has 26 heavy (non-hydrogen) atoms. The summed E-state index contributed by atoms with van der Waals surface area (Å²) in [4.78, 5) is 14.0. The van der Waals surface area contributed by atoms with Gasteiger partial charge < -0.3 is 9.08 Å². The molecule has 0 spiro atoms. The Hall–Kier alpha value is -2.34. The minimum Gasteiger partial charge on any atom is -0.379 e. The summed E-state index contributed by atoms with van der Waals surface area (Å²) in [5, 5.41) is 0. The van der Waals surface area contributed by atoms with Crippen molar-refractivity contribution in [1.29, 1.82) is 0 Å². The van der Waals surface area contributed by atoms with E-state index in [-0.39, 0.29) is 10.8 Å². The van der Waals surface area contributed by atoms with Gasteiger partial charge in [-0.05, 0) is 80.6 Å². The summed E-state index contributed by atoms with van der Waals surface area (Å²) in [7, 11) is -3.93. The Morgan fingerprint density at radius 3 is 2.31 bits per heavy atom. The lowest BCUT2D eigenvalue weighted by Crippen LogP contribution is -2.30. The van der Waals surface area contributed by atoms with Gasteiger partial charge in [-0.2, -0.15) is 8.42 Å². The predicted octanol–water partition coefficient (Wildman–Crippen LogP) is 3.43. The lowest BCUT2D eigenvalue weighted by Gasteiger charge is -2.18. The molecule has 0 N–H and O–H groups in total. The fourth-order valence-corrected chi connectivity index (χ4v) is 4.16. The zero-order chi connectivity index (χ0) is 18.7. The van der Waals surface area contributed by atoms with Crippen molar-refractivity contribution < 1.29 is 17.4 Å². The Labute approximate surface area is 154 Å². The highest BCUT2D eigenvalue weighted by atomic mass is 32.2. The van der Waals surface area contributed by atoms with Gasteiger partial charge in [-0.3, -0.25) is 4.79 Å².